The Hall–Kier alpha value is -1.61. The molecular formula is C22H35IN6. The molecule has 1 fully saturated rings. The first-order valence-electron chi connectivity index (χ1n) is 10.5. The summed E-state index contributed by atoms with van der Waals surface area (Å²) in [6.45, 7) is 7.18. The summed E-state index contributed by atoms with van der Waals surface area (Å²) in [6.07, 6.45) is 9.08. The fourth-order valence-corrected chi connectivity index (χ4v) is 3.79. The molecule has 2 heterocycles. The van der Waals surface area contributed by atoms with Crippen molar-refractivity contribution in [2.24, 2.45) is 4.99 Å². The van der Waals surface area contributed by atoms with E-state index in [2.05, 4.69) is 61.3 Å². The maximum Gasteiger partial charge on any atom is 0.191 e. The zero-order chi connectivity index (χ0) is 19.6. The third-order valence-electron chi connectivity index (χ3n) is 5.49. The Morgan fingerprint density at radius 1 is 1.21 bits per heavy atom. The molecule has 2 N–H and O–H groups in total. The third kappa shape index (κ3) is 7.62. The number of piperidine rings is 1. The SMILES string of the molecule is CN=C(NCCCN1CCCCC1C)NCc1nccn1Cc1ccccc1.I. The van der Waals surface area contributed by atoms with Gasteiger partial charge in [-0.1, -0.05) is 36.8 Å². The van der Waals surface area contributed by atoms with E-state index in [1.165, 1.54) is 31.4 Å². The zero-order valence-electron chi connectivity index (χ0n) is 17.7. The van der Waals surface area contributed by atoms with Crippen molar-refractivity contribution in [2.75, 3.05) is 26.7 Å². The molecule has 1 aromatic carbocycles. The van der Waals surface area contributed by atoms with Crippen LogP contribution in [0, 0.1) is 0 Å². The van der Waals surface area contributed by atoms with Crippen molar-refractivity contribution in [2.45, 2.75) is 51.7 Å². The predicted molar refractivity (Wildman–Crippen MR) is 131 cm³/mol. The maximum absolute atomic E-state index is 4.50. The molecule has 0 spiro atoms. The number of aromatic nitrogens is 2. The van der Waals surface area contributed by atoms with E-state index in [1.807, 2.05) is 25.5 Å². The largest absolute Gasteiger partial charge is 0.356 e. The number of aliphatic imine (C=N–C) groups is 1. The van der Waals surface area contributed by atoms with Crippen LogP contribution in [0.1, 0.15) is 44.0 Å². The quantitative estimate of drug-likeness (QED) is 0.247. The number of imidazole rings is 1. The average Bonchev–Trinajstić information content (AvgIpc) is 3.16. The van der Waals surface area contributed by atoms with Crippen LogP contribution in [-0.4, -0.2) is 53.1 Å². The van der Waals surface area contributed by atoms with Gasteiger partial charge >= 0.3 is 0 Å². The number of guanidine groups is 1. The number of nitrogens with zero attached hydrogens (tertiary/aromatic N) is 4. The minimum Gasteiger partial charge on any atom is -0.356 e. The van der Waals surface area contributed by atoms with Gasteiger partial charge in [0.05, 0.1) is 6.54 Å². The van der Waals surface area contributed by atoms with Crippen LogP contribution >= 0.6 is 24.0 Å². The highest BCUT2D eigenvalue weighted by Gasteiger charge is 2.17. The van der Waals surface area contributed by atoms with Crippen molar-refractivity contribution >= 4 is 29.9 Å². The molecule has 0 amide bonds. The number of halogens is 1. The molecule has 160 valence electrons. The molecule has 0 aliphatic carbocycles. The summed E-state index contributed by atoms with van der Waals surface area (Å²) in [5, 5.41) is 6.82. The molecule has 1 aliphatic heterocycles. The first-order chi connectivity index (χ1) is 13.8. The van der Waals surface area contributed by atoms with Gasteiger partial charge in [0.25, 0.3) is 0 Å². The number of rotatable bonds is 8. The van der Waals surface area contributed by atoms with Gasteiger partial charge in [-0.25, -0.2) is 4.98 Å². The summed E-state index contributed by atoms with van der Waals surface area (Å²) in [5.41, 5.74) is 1.27. The van der Waals surface area contributed by atoms with Crippen molar-refractivity contribution in [3.63, 3.8) is 0 Å². The molecule has 1 aliphatic rings. The Labute approximate surface area is 192 Å². The van der Waals surface area contributed by atoms with Gasteiger partial charge < -0.3 is 20.1 Å². The van der Waals surface area contributed by atoms with Gasteiger partial charge in [0.2, 0.25) is 0 Å². The van der Waals surface area contributed by atoms with Crippen LogP contribution in [-0.2, 0) is 13.1 Å². The van der Waals surface area contributed by atoms with Gasteiger partial charge in [-0.2, -0.15) is 0 Å². The number of benzene rings is 1. The molecule has 1 unspecified atom stereocenters. The summed E-state index contributed by atoms with van der Waals surface area (Å²) < 4.78 is 2.17. The van der Waals surface area contributed by atoms with Gasteiger partial charge in [0, 0.05) is 45.1 Å². The summed E-state index contributed by atoms with van der Waals surface area (Å²) >= 11 is 0. The van der Waals surface area contributed by atoms with Crippen LogP contribution in [0.5, 0.6) is 0 Å². The van der Waals surface area contributed by atoms with Crippen molar-refractivity contribution in [3.8, 4) is 0 Å². The van der Waals surface area contributed by atoms with Crippen molar-refractivity contribution in [1.29, 1.82) is 0 Å². The van der Waals surface area contributed by atoms with E-state index in [0.29, 0.717) is 6.54 Å². The molecule has 1 saturated heterocycles. The lowest BCUT2D eigenvalue weighted by molar-refractivity contribution is 0.159. The lowest BCUT2D eigenvalue weighted by Crippen LogP contribution is -2.41. The fourth-order valence-electron chi connectivity index (χ4n) is 3.79. The molecule has 2 aromatic rings. The monoisotopic (exact) mass is 510 g/mol. The van der Waals surface area contributed by atoms with Crippen molar-refractivity contribution < 1.29 is 0 Å². The maximum atomic E-state index is 4.50. The summed E-state index contributed by atoms with van der Waals surface area (Å²) in [6, 6.07) is 11.2. The molecule has 7 heteroatoms. The van der Waals surface area contributed by atoms with E-state index in [1.54, 1.807) is 0 Å². The van der Waals surface area contributed by atoms with E-state index in [9.17, 15) is 0 Å². The highest BCUT2D eigenvalue weighted by molar-refractivity contribution is 14.0. The predicted octanol–water partition coefficient (Wildman–Crippen LogP) is 3.48. The molecule has 0 bridgehead atoms. The van der Waals surface area contributed by atoms with Gasteiger partial charge in [0.1, 0.15) is 5.82 Å². The molecule has 1 aromatic heterocycles. The molecule has 3 rings (SSSR count). The summed E-state index contributed by atoms with van der Waals surface area (Å²) in [5.74, 6) is 1.84. The normalized spacial score (nSPS) is 17.6. The third-order valence-corrected chi connectivity index (χ3v) is 5.49. The lowest BCUT2D eigenvalue weighted by atomic mass is 10.0. The molecule has 0 radical (unpaired) electrons. The lowest BCUT2D eigenvalue weighted by Gasteiger charge is -2.33. The smallest absolute Gasteiger partial charge is 0.191 e. The van der Waals surface area contributed by atoms with E-state index in [0.717, 1.165) is 43.9 Å². The second-order valence-electron chi connectivity index (χ2n) is 7.54. The Morgan fingerprint density at radius 2 is 2.03 bits per heavy atom. The average molecular weight is 510 g/mol. The molecular weight excluding hydrogens is 475 g/mol. The van der Waals surface area contributed by atoms with Gasteiger partial charge in [-0.3, -0.25) is 4.99 Å². The Kier molecular flexibility index (Phi) is 10.5. The van der Waals surface area contributed by atoms with Crippen molar-refractivity contribution in [3.05, 3.63) is 54.1 Å². The van der Waals surface area contributed by atoms with Gasteiger partial charge in [-0.05, 0) is 38.3 Å². The fraction of sp³-hybridized carbons (Fsp3) is 0.545. The van der Waals surface area contributed by atoms with Gasteiger partial charge in [-0.15, -0.1) is 24.0 Å². The minimum atomic E-state index is 0. The Bertz CT molecular complexity index is 730. The van der Waals surface area contributed by atoms with Crippen LogP contribution in [0.25, 0.3) is 0 Å². The molecule has 1 atom stereocenters. The van der Waals surface area contributed by atoms with E-state index >= 15 is 0 Å². The number of nitrogens with one attached hydrogen (secondary N) is 2. The second kappa shape index (κ2) is 12.8. The first-order valence-corrected chi connectivity index (χ1v) is 10.5. The Morgan fingerprint density at radius 3 is 2.79 bits per heavy atom. The van der Waals surface area contributed by atoms with Crippen LogP contribution in [0.4, 0.5) is 0 Å². The number of hydrogen-bond acceptors (Lipinski definition) is 3. The standard InChI is InChI=1S/C22H34N6.HI/c1-19-9-6-7-14-27(19)15-8-12-25-22(23-2)26-17-21-24-13-16-28(21)18-20-10-4-3-5-11-20;/h3-5,10-11,13,16,19H,6-9,12,14-15,17-18H2,1-2H3,(H2,23,25,26);1H. The topological polar surface area (TPSA) is 57.5 Å². The van der Waals surface area contributed by atoms with Crippen molar-refractivity contribution in [1.82, 2.24) is 25.1 Å². The van der Waals surface area contributed by atoms with Crippen LogP contribution in [0.2, 0.25) is 0 Å². The zero-order valence-corrected chi connectivity index (χ0v) is 20.0. The molecule has 6 nitrogen and oxygen atoms in total. The highest BCUT2D eigenvalue weighted by atomic mass is 127. The van der Waals surface area contributed by atoms with Crippen LogP contribution in [0.3, 0.4) is 0 Å². The molecule has 0 saturated carbocycles. The number of hydrogen-bond donors (Lipinski definition) is 2. The summed E-state index contributed by atoms with van der Waals surface area (Å²) in [4.78, 5) is 11.5. The van der Waals surface area contributed by atoms with Crippen LogP contribution in [0.15, 0.2) is 47.7 Å². The highest BCUT2D eigenvalue weighted by Crippen LogP contribution is 2.16. The molecule has 29 heavy (non-hydrogen) atoms. The van der Waals surface area contributed by atoms with E-state index < -0.39 is 0 Å². The van der Waals surface area contributed by atoms with Gasteiger partial charge in [0.15, 0.2) is 5.96 Å². The summed E-state index contributed by atoms with van der Waals surface area (Å²) in [7, 11) is 1.82. The number of likely N-dealkylation sites (tertiary alicyclic amines) is 1. The second-order valence-corrected chi connectivity index (χ2v) is 7.54. The van der Waals surface area contributed by atoms with E-state index in [-0.39, 0.29) is 24.0 Å². The van der Waals surface area contributed by atoms with Crippen LogP contribution < -0.4 is 10.6 Å². The Balaban J connectivity index is 0.00000300. The van der Waals surface area contributed by atoms with E-state index in [4.69, 9.17) is 0 Å². The minimum absolute atomic E-state index is 0. The first kappa shape index (κ1) is 23.7.